The summed E-state index contributed by atoms with van der Waals surface area (Å²) in [4.78, 5) is 10.9. The summed E-state index contributed by atoms with van der Waals surface area (Å²) in [5, 5.41) is 0. The van der Waals surface area contributed by atoms with Gasteiger partial charge < -0.3 is 4.74 Å². The molecular weight excluding hydrogens is 212 g/mol. The van der Waals surface area contributed by atoms with Gasteiger partial charge in [-0.2, -0.15) is 0 Å². The summed E-state index contributed by atoms with van der Waals surface area (Å²) in [6.45, 7) is 5.85. The topological polar surface area (TPSA) is 26.3 Å². The molecule has 2 nitrogen and oxygen atoms in total. The van der Waals surface area contributed by atoms with Gasteiger partial charge in [0.2, 0.25) is 0 Å². The van der Waals surface area contributed by atoms with E-state index in [2.05, 4.69) is 31.7 Å². The van der Waals surface area contributed by atoms with Gasteiger partial charge in [0.25, 0.3) is 0 Å². The van der Waals surface area contributed by atoms with Gasteiger partial charge in [0.05, 0.1) is 6.61 Å². The number of esters is 1. The second-order valence-corrected chi connectivity index (χ2v) is 3.63. The summed E-state index contributed by atoms with van der Waals surface area (Å²) < 4.78 is 4.99. The molecule has 0 bridgehead atoms. The molecule has 0 saturated carbocycles. The quantitative estimate of drug-likeness (QED) is 0.551. The molecule has 0 aromatic heterocycles. The van der Waals surface area contributed by atoms with Crippen LogP contribution in [0.4, 0.5) is 0 Å². The van der Waals surface area contributed by atoms with Crippen molar-refractivity contribution in [1.82, 2.24) is 0 Å². The van der Waals surface area contributed by atoms with Crippen LogP contribution in [-0.4, -0.2) is 12.6 Å². The summed E-state index contributed by atoms with van der Waals surface area (Å²) in [6.07, 6.45) is 5.06. The Morgan fingerprint density at radius 1 is 1.35 bits per heavy atom. The molecule has 0 saturated heterocycles. The van der Waals surface area contributed by atoms with Gasteiger partial charge in [-0.15, -0.1) is 0 Å². The van der Waals surface area contributed by atoms with Crippen LogP contribution >= 0.6 is 0 Å². The number of hydrogen-bond acceptors (Lipinski definition) is 2. The number of allylic oxidation sites excluding steroid dienone is 1. The van der Waals surface area contributed by atoms with Gasteiger partial charge >= 0.3 is 5.97 Å². The third-order valence-electron chi connectivity index (χ3n) is 2.38. The minimum absolute atomic E-state index is 0.367. The van der Waals surface area contributed by atoms with Crippen molar-refractivity contribution < 1.29 is 9.53 Å². The normalized spacial score (nSPS) is 11.0. The smallest absolute Gasteiger partial charge is 0.330 e. The summed E-state index contributed by atoms with van der Waals surface area (Å²) in [5.41, 5.74) is 2.40. The van der Waals surface area contributed by atoms with Crippen molar-refractivity contribution in [3.05, 3.63) is 54.6 Å². The van der Waals surface area contributed by atoms with Crippen molar-refractivity contribution in [3.8, 4) is 0 Å². The predicted octanol–water partition coefficient (Wildman–Crippen LogP) is 3.60. The molecule has 90 valence electrons. The molecule has 0 aliphatic heterocycles. The van der Waals surface area contributed by atoms with E-state index in [-0.39, 0.29) is 5.97 Å². The van der Waals surface area contributed by atoms with Crippen LogP contribution < -0.4 is 0 Å². The Morgan fingerprint density at radius 3 is 2.65 bits per heavy atom. The van der Waals surface area contributed by atoms with E-state index in [9.17, 15) is 4.79 Å². The Kier molecular flexibility index (Phi) is 5.80. The predicted molar refractivity (Wildman–Crippen MR) is 70.5 cm³/mol. The third kappa shape index (κ3) is 4.68. The third-order valence-corrected chi connectivity index (χ3v) is 2.38. The molecular formula is C15H18O2. The van der Waals surface area contributed by atoms with E-state index in [4.69, 9.17) is 4.74 Å². The molecule has 2 heteroatoms. The fraction of sp³-hybridized carbons (Fsp3) is 0.267. The molecule has 1 aromatic carbocycles. The highest BCUT2D eigenvalue weighted by atomic mass is 16.5. The zero-order valence-corrected chi connectivity index (χ0v) is 10.2. The van der Waals surface area contributed by atoms with Crippen molar-refractivity contribution in [3.63, 3.8) is 0 Å². The first kappa shape index (κ1) is 13.2. The van der Waals surface area contributed by atoms with E-state index in [0.29, 0.717) is 6.61 Å². The Hall–Kier alpha value is -1.83. The van der Waals surface area contributed by atoms with E-state index in [1.165, 1.54) is 17.2 Å². The van der Waals surface area contributed by atoms with Crippen LogP contribution in [-0.2, 0) is 9.53 Å². The molecule has 0 amide bonds. The number of ether oxygens (including phenoxy) is 1. The van der Waals surface area contributed by atoms with Crippen LogP contribution in [0.15, 0.2) is 49.1 Å². The van der Waals surface area contributed by atoms with Crippen LogP contribution in [0.25, 0.3) is 5.57 Å². The molecule has 0 atom stereocenters. The van der Waals surface area contributed by atoms with E-state index in [1.54, 1.807) is 0 Å². The Balaban J connectivity index is 2.60. The number of hydrogen-bond donors (Lipinski definition) is 0. The van der Waals surface area contributed by atoms with Gasteiger partial charge in [0.15, 0.2) is 0 Å². The van der Waals surface area contributed by atoms with Crippen LogP contribution in [0, 0.1) is 0 Å². The minimum atomic E-state index is -0.367. The van der Waals surface area contributed by atoms with Crippen LogP contribution in [0.3, 0.4) is 0 Å². The lowest BCUT2D eigenvalue weighted by Crippen LogP contribution is -2.02. The Bertz CT molecular complexity index is 391. The van der Waals surface area contributed by atoms with Crippen molar-refractivity contribution >= 4 is 11.5 Å². The minimum Gasteiger partial charge on any atom is -0.462 e. The van der Waals surface area contributed by atoms with Gasteiger partial charge in [-0.05, 0) is 17.6 Å². The molecule has 1 aromatic rings. The summed E-state index contributed by atoms with van der Waals surface area (Å²) >= 11 is 0. The SMILES string of the molecule is C=CC(=O)OCC/C(=C/CC)c1ccccc1. The molecule has 0 fully saturated rings. The fourth-order valence-electron chi connectivity index (χ4n) is 1.58. The van der Waals surface area contributed by atoms with Crippen LogP contribution in [0.1, 0.15) is 25.3 Å². The standard InChI is InChI=1S/C15H18O2/c1-3-8-13(11-12-17-15(16)4-2)14-9-6-5-7-10-14/h4-10H,2-3,11-12H2,1H3/b13-8-. The monoisotopic (exact) mass is 230 g/mol. The number of rotatable bonds is 6. The molecule has 0 aliphatic carbocycles. The highest BCUT2D eigenvalue weighted by molar-refractivity contribution is 5.81. The summed E-state index contributed by atoms with van der Waals surface area (Å²) in [6, 6.07) is 10.1. The van der Waals surface area contributed by atoms with Crippen LogP contribution in [0.5, 0.6) is 0 Å². The fourth-order valence-corrected chi connectivity index (χ4v) is 1.58. The van der Waals surface area contributed by atoms with Gasteiger partial charge in [-0.1, -0.05) is 49.9 Å². The maximum atomic E-state index is 10.9. The van der Waals surface area contributed by atoms with Crippen molar-refractivity contribution in [2.75, 3.05) is 6.61 Å². The summed E-state index contributed by atoms with van der Waals surface area (Å²) in [5.74, 6) is -0.367. The van der Waals surface area contributed by atoms with Crippen LogP contribution in [0.2, 0.25) is 0 Å². The maximum absolute atomic E-state index is 10.9. The maximum Gasteiger partial charge on any atom is 0.330 e. The lowest BCUT2D eigenvalue weighted by molar-refractivity contribution is -0.137. The second-order valence-electron chi connectivity index (χ2n) is 3.63. The number of carbonyl (C=O) groups excluding carboxylic acids is 1. The molecule has 0 unspecified atom stereocenters. The highest BCUT2D eigenvalue weighted by Crippen LogP contribution is 2.18. The van der Waals surface area contributed by atoms with Gasteiger partial charge in [0, 0.05) is 12.5 Å². The van der Waals surface area contributed by atoms with Gasteiger partial charge in [-0.25, -0.2) is 4.79 Å². The molecule has 17 heavy (non-hydrogen) atoms. The lowest BCUT2D eigenvalue weighted by atomic mass is 10.0. The van der Waals surface area contributed by atoms with E-state index in [0.717, 1.165) is 12.8 Å². The number of benzene rings is 1. The molecule has 0 aliphatic rings. The Labute approximate surface area is 103 Å². The van der Waals surface area contributed by atoms with E-state index in [1.807, 2.05) is 18.2 Å². The molecule has 0 spiro atoms. The Morgan fingerprint density at radius 2 is 2.06 bits per heavy atom. The van der Waals surface area contributed by atoms with Gasteiger partial charge in [-0.3, -0.25) is 0 Å². The average molecular weight is 230 g/mol. The molecule has 0 heterocycles. The number of carbonyl (C=O) groups is 1. The van der Waals surface area contributed by atoms with Crippen molar-refractivity contribution in [1.29, 1.82) is 0 Å². The lowest BCUT2D eigenvalue weighted by Gasteiger charge is -2.08. The van der Waals surface area contributed by atoms with Gasteiger partial charge in [0.1, 0.15) is 0 Å². The second kappa shape index (κ2) is 7.44. The molecule has 1 rings (SSSR count). The van der Waals surface area contributed by atoms with Crippen molar-refractivity contribution in [2.24, 2.45) is 0 Å². The first-order valence-electron chi connectivity index (χ1n) is 5.81. The zero-order chi connectivity index (χ0) is 12.5. The largest absolute Gasteiger partial charge is 0.462 e. The first-order valence-corrected chi connectivity index (χ1v) is 5.81. The molecule has 0 N–H and O–H groups in total. The van der Waals surface area contributed by atoms with E-state index < -0.39 is 0 Å². The first-order chi connectivity index (χ1) is 8.27. The highest BCUT2D eigenvalue weighted by Gasteiger charge is 2.02. The average Bonchev–Trinajstić information content (AvgIpc) is 2.38. The van der Waals surface area contributed by atoms with E-state index >= 15 is 0 Å². The molecule has 0 radical (unpaired) electrons. The summed E-state index contributed by atoms with van der Waals surface area (Å²) in [7, 11) is 0. The zero-order valence-electron chi connectivity index (χ0n) is 10.2. The van der Waals surface area contributed by atoms with Crippen molar-refractivity contribution in [2.45, 2.75) is 19.8 Å².